The minimum absolute atomic E-state index is 0. The molecule has 1 unspecified atom stereocenters. The summed E-state index contributed by atoms with van der Waals surface area (Å²) in [6, 6.07) is 6.27. The quantitative estimate of drug-likeness (QED) is 0.283. The molecule has 7 nitrogen and oxygen atoms in total. The van der Waals surface area contributed by atoms with E-state index in [2.05, 4.69) is 22.5 Å². The summed E-state index contributed by atoms with van der Waals surface area (Å²) in [6.45, 7) is 4.59. The number of hydrogen-bond acceptors (Lipinski definition) is 4. The summed E-state index contributed by atoms with van der Waals surface area (Å²) in [4.78, 5) is 18.3. The molecule has 0 spiro atoms. The van der Waals surface area contributed by atoms with Crippen LogP contribution < -0.4 is 20.1 Å². The molecule has 1 aliphatic rings. The van der Waals surface area contributed by atoms with Crippen LogP contribution in [0.25, 0.3) is 0 Å². The van der Waals surface area contributed by atoms with E-state index in [1.165, 1.54) is 5.56 Å². The van der Waals surface area contributed by atoms with Crippen molar-refractivity contribution in [2.75, 3.05) is 40.9 Å². The molecule has 8 heteroatoms. The molecule has 0 aliphatic carbocycles. The Kier molecular flexibility index (Phi) is 11.8. The number of benzene rings is 1. The molecule has 1 amide bonds. The first kappa shape index (κ1) is 25.3. The highest BCUT2D eigenvalue weighted by Crippen LogP contribution is 2.27. The van der Waals surface area contributed by atoms with Gasteiger partial charge in [0.2, 0.25) is 5.91 Å². The maximum Gasteiger partial charge on any atom is 0.222 e. The van der Waals surface area contributed by atoms with E-state index in [0.717, 1.165) is 62.8 Å². The van der Waals surface area contributed by atoms with E-state index in [0.29, 0.717) is 18.4 Å². The van der Waals surface area contributed by atoms with Crippen LogP contribution in [0.4, 0.5) is 0 Å². The van der Waals surface area contributed by atoms with Crippen molar-refractivity contribution in [3.05, 3.63) is 23.8 Å². The van der Waals surface area contributed by atoms with Gasteiger partial charge in [-0.25, -0.2) is 0 Å². The fourth-order valence-electron chi connectivity index (χ4n) is 3.57. The van der Waals surface area contributed by atoms with Gasteiger partial charge in [-0.1, -0.05) is 13.0 Å². The highest BCUT2D eigenvalue weighted by atomic mass is 127. The molecule has 2 rings (SSSR count). The van der Waals surface area contributed by atoms with Gasteiger partial charge in [0.1, 0.15) is 0 Å². The van der Waals surface area contributed by atoms with Gasteiger partial charge >= 0.3 is 0 Å². The van der Waals surface area contributed by atoms with Crippen molar-refractivity contribution in [3.63, 3.8) is 0 Å². The molecule has 164 valence electrons. The second kappa shape index (κ2) is 13.5. The first-order valence-electron chi connectivity index (χ1n) is 10.1. The minimum atomic E-state index is 0. The third-order valence-electron chi connectivity index (χ3n) is 5.17. The van der Waals surface area contributed by atoms with Crippen LogP contribution in [-0.4, -0.2) is 63.7 Å². The first-order valence-corrected chi connectivity index (χ1v) is 10.1. The normalized spacial score (nSPS) is 15.0. The Hall–Kier alpha value is -1.71. The number of ether oxygens (including phenoxy) is 2. The van der Waals surface area contributed by atoms with Crippen LogP contribution >= 0.6 is 24.0 Å². The SMILES string of the molecule is CCC(CCNC(=NC)NCCc1ccc(OC)c(OC)c1)N1CCCC1=O.I. The molecular formula is C21H35IN4O3. The van der Waals surface area contributed by atoms with Gasteiger partial charge in [-0.3, -0.25) is 9.79 Å². The lowest BCUT2D eigenvalue weighted by Gasteiger charge is -2.27. The number of likely N-dealkylation sites (tertiary alicyclic amines) is 1. The van der Waals surface area contributed by atoms with Crippen LogP contribution in [0, 0.1) is 0 Å². The van der Waals surface area contributed by atoms with E-state index in [4.69, 9.17) is 9.47 Å². The number of hydrogen-bond donors (Lipinski definition) is 2. The van der Waals surface area contributed by atoms with Gasteiger partial charge in [0.15, 0.2) is 17.5 Å². The second-order valence-corrected chi connectivity index (χ2v) is 6.91. The maximum absolute atomic E-state index is 11.9. The summed E-state index contributed by atoms with van der Waals surface area (Å²) in [5.74, 6) is 2.55. The monoisotopic (exact) mass is 518 g/mol. The topological polar surface area (TPSA) is 75.2 Å². The summed E-state index contributed by atoms with van der Waals surface area (Å²) in [5.41, 5.74) is 1.17. The lowest BCUT2D eigenvalue weighted by atomic mass is 10.1. The number of nitrogens with zero attached hydrogens (tertiary/aromatic N) is 2. The van der Waals surface area contributed by atoms with E-state index in [9.17, 15) is 4.79 Å². The molecule has 0 saturated carbocycles. The van der Waals surface area contributed by atoms with Crippen molar-refractivity contribution < 1.29 is 14.3 Å². The standard InChI is InChI=1S/C21H34N4O3.HI/c1-5-17(25-14-6-7-20(25)26)11-13-24-21(22-2)23-12-10-16-8-9-18(27-3)19(15-16)28-4;/h8-9,15,17H,5-7,10-14H2,1-4H3,(H2,22,23,24);1H. The van der Waals surface area contributed by atoms with Gasteiger partial charge in [0.05, 0.1) is 14.2 Å². The lowest BCUT2D eigenvalue weighted by Crippen LogP contribution is -2.42. The fourth-order valence-corrected chi connectivity index (χ4v) is 3.57. The van der Waals surface area contributed by atoms with Crippen molar-refractivity contribution >= 4 is 35.8 Å². The van der Waals surface area contributed by atoms with Crippen LogP contribution in [-0.2, 0) is 11.2 Å². The molecule has 29 heavy (non-hydrogen) atoms. The number of carbonyl (C=O) groups excluding carboxylic acids is 1. The van der Waals surface area contributed by atoms with Crippen LogP contribution in [0.2, 0.25) is 0 Å². The molecule has 1 aromatic carbocycles. The molecule has 1 saturated heterocycles. The average Bonchev–Trinajstić information content (AvgIpc) is 3.15. The Labute approximate surface area is 191 Å². The van der Waals surface area contributed by atoms with Crippen molar-refractivity contribution in [1.29, 1.82) is 0 Å². The molecule has 0 bridgehead atoms. The molecule has 0 radical (unpaired) electrons. The van der Waals surface area contributed by atoms with E-state index < -0.39 is 0 Å². The molecule has 0 aromatic heterocycles. The number of nitrogens with one attached hydrogen (secondary N) is 2. The van der Waals surface area contributed by atoms with Crippen LogP contribution in [0.15, 0.2) is 23.2 Å². The van der Waals surface area contributed by atoms with Gasteiger partial charge in [-0.15, -0.1) is 24.0 Å². The molecule has 1 fully saturated rings. The van der Waals surface area contributed by atoms with Crippen LogP contribution in [0.3, 0.4) is 0 Å². The lowest BCUT2D eigenvalue weighted by molar-refractivity contribution is -0.129. The number of carbonyl (C=O) groups is 1. The number of guanidine groups is 1. The number of rotatable bonds is 10. The molecule has 1 atom stereocenters. The summed E-state index contributed by atoms with van der Waals surface area (Å²) >= 11 is 0. The number of methoxy groups -OCH3 is 2. The number of halogens is 1. The van der Waals surface area contributed by atoms with Crippen molar-refractivity contribution in [2.45, 2.75) is 45.1 Å². The maximum atomic E-state index is 11.9. The van der Waals surface area contributed by atoms with E-state index in [1.807, 2.05) is 23.1 Å². The van der Waals surface area contributed by atoms with E-state index in [-0.39, 0.29) is 24.0 Å². The zero-order valence-electron chi connectivity index (χ0n) is 18.0. The molecular weight excluding hydrogens is 483 g/mol. The van der Waals surface area contributed by atoms with Crippen molar-refractivity contribution in [2.24, 2.45) is 4.99 Å². The average molecular weight is 518 g/mol. The van der Waals surface area contributed by atoms with Gasteiger partial charge in [0.25, 0.3) is 0 Å². The largest absolute Gasteiger partial charge is 0.493 e. The Morgan fingerprint density at radius 2 is 1.93 bits per heavy atom. The molecule has 1 aliphatic heterocycles. The third-order valence-corrected chi connectivity index (χ3v) is 5.17. The number of amides is 1. The fraction of sp³-hybridized carbons (Fsp3) is 0.619. The smallest absolute Gasteiger partial charge is 0.222 e. The number of aliphatic imine (C=N–C) groups is 1. The second-order valence-electron chi connectivity index (χ2n) is 6.91. The predicted octanol–water partition coefficient (Wildman–Crippen LogP) is 2.82. The summed E-state index contributed by atoms with van der Waals surface area (Å²) in [7, 11) is 5.05. The zero-order chi connectivity index (χ0) is 20.4. The van der Waals surface area contributed by atoms with Gasteiger partial charge < -0.3 is 25.0 Å². The summed E-state index contributed by atoms with van der Waals surface area (Å²) < 4.78 is 10.6. The van der Waals surface area contributed by atoms with Gasteiger partial charge in [-0.2, -0.15) is 0 Å². The molecule has 1 heterocycles. The van der Waals surface area contributed by atoms with E-state index >= 15 is 0 Å². The van der Waals surface area contributed by atoms with Crippen LogP contribution in [0.1, 0.15) is 38.2 Å². The molecule has 1 aromatic rings. The molecule has 2 N–H and O–H groups in total. The highest BCUT2D eigenvalue weighted by molar-refractivity contribution is 14.0. The predicted molar refractivity (Wildman–Crippen MR) is 128 cm³/mol. The minimum Gasteiger partial charge on any atom is -0.493 e. The van der Waals surface area contributed by atoms with Gasteiger partial charge in [0, 0.05) is 39.1 Å². The summed E-state index contributed by atoms with van der Waals surface area (Å²) in [5, 5.41) is 6.70. The van der Waals surface area contributed by atoms with E-state index in [1.54, 1.807) is 21.3 Å². The Balaban J connectivity index is 0.00000420. The van der Waals surface area contributed by atoms with Crippen LogP contribution in [0.5, 0.6) is 11.5 Å². The van der Waals surface area contributed by atoms with Crippen molar-refractivity contribution in [3.8, 4) is 11.5 Å². The zero-order valence-corrected chi connectivity index (χ0v) is 20.3. The Morgan fingerprint density at radius 1 is 1.21 bits per heavy atom. The highest BCUT2D eigenvalue weighted by Gasteiger charge is 2.26. The third kappa shape index (κ3) is 7.56. The Morgan fingerprint density at radius 3 is 2.52 bits per heavy atom. The van der Waals surface area contributed by atoms with Crippen molar-refractivity contribution in [1.82, 2.24) is 15.5 Å². The summed E-state index contributed by atoms with van der Waals surface area (Å²) in [6.07, 6.45) is 4.45. The van der Waals surface area contributed by atoms with Gasteiger partial charge in [-0.05, 0) is 43.4 Å². The Bertz CT molecular complexity index is 669. The first-order chi connectivity index (χ1) is 13.6.